The van der Waals surface area contributed by atoms with E-state index in [1.54, 1.807) is 12.1 Å². The van der Waals surface area contributed by atoms with Gasteiger partial charge in [-0.15, -0.1) is 0 Å². The summed E-state index contributed by atoms with van der Waals surface area (Å²) in [5.74, 6) is 0.0691. The van der Waals surface area contributed by atoms with E-state index in [2.05, 4.69) is 0 Å². The highest BCUT2D eigenvalue weighted by Crippen LogP contribution is 2.23. The topological polar surface area (TPSA) is 26.3 Å². The minimum Gasteiger partial charge on any atom is -0.373 e. The fourth-order valence-corrected chi connectivity index (χ4v) is 1.57. The quantitative estimate of drug-likeness (QED) is 0.687. The molecule has 1 atom stereocenters. The number of halogens is 1. The Hall–Kier alpha value is -0.860. The van der Waals surface area contributed by atoms with Gasteiger partial charge in [0.15, 0.2) is 5.78 Å². The molecule has 0 unspecified atom stereocenters. The van der Waals surface area contributed by atoms with Gasteiger partial charge in [0.05, 0.1) is 12.5 Å². The number of ketones is 1. The summed E-state index contributed by atoms with van der Waals surface area (Å²) in [7, 11) is 0. The molecule has 1 aliphatic rings. The Kier molecular flexibility index (Phi) is 2.34. The van der Waals surface area contributed by atoms with Gasteiger partial charge in [-0.3, -0.25) is 4.79 Å². The van der Waals surface area contributed by atoms with Crippen LogP contribution in [0, 0.1) is 0 Å². The highest BCUT2D eigenvalue weighted by atomic mass is 35.5. The van der Waals surface area contributed by atoms with E-state index in [1.807, 2.05) is 12.1 Å². The first kappa shape index (κ1) is 8.73. The van der Waals surface area contributed by atoms with Gasteiger partial charge >= 0.3 is 0 Å². The summed E-state index contributed by atoms with van der Waals surface area (Å²) in [6.07, 6.45) is 0. The van der Waals surface area contributed by atoms with E-state index in [4.69, 9.17) is 16.3 Å². The first-order valence-corrected chi connectivity index (χ1v) is 4.51. The molecule has 2 rings (SSSR count). The highest BCUT2D eigenvalue weighted by molar-refractivity contribution is 6.30. The molecule has 0 saturated carbocycles. The summed E-state index contributed by atoms with van der Waals surface area (Å²) in [5, 5.41) is 0.690. The maximum atomic E-state index is 11.3. The average molecular weight is 197 g/mol. The lowest BCUT2D eigenvalue weighted by Crippen LogP contribution is -2.08. The van der Waals surface area contributed by atoms with Crippen molar-refractivity contribution in [2.24, 2.45) is 0 Å². The van der Waals surface area contributed by atoms with Gasteiger partial charge in [-0.25, -0.2) is 0 Å². The molecule has 0 spiro atoms. The number of carbonyl (C=O) groups is 1. The Morgan fingerprint density at radius 3 is 2.54 bits per heavy atom. The molecule has 68 valence electrons. The first-order valence-electron chi connectivity index (χ1n) is 4.13. The zero-order valence-corrected chi connectivity index (χ0v) is 7.75. The van der Waals surface area contributed by atoms with E-state index in [0.717, 1.165) is 5.56 Å². The third-order valence-corrected chi connectivity index (χ3v) is 2.44. The van der Waals surface area contributed by atoms with E-state index in [1.165, 1.54) is 0 Å². The van der Waals surface area contributed by atoms with Gasteiger partial charge in [-0.05, 0) is 17.7 Å². The molecule has 0 bridgehead atoms. The van der Waals surface area contributed by atoms with Crippen LogP contribution >= 0.6 is 11.6 Å². The Morgan fingerprint density at radius 1 is 1.31 bits per heavy atom. The number of ether oxygens (including phenoxy) is 1. The van der Waals surface area contributed by atoms with E-state index >= 15 is 0 Å². The summed E-state index contributed by atoms with van der Waals surface area (Å²) in [6.45, 7) is 0.744. The average Bonchev–Trinajstić information content (AvgIpc) is 2.53. The second kappa shape index (κ2) is 3.48. The van der Waals surface area contributed by atoms with Gasteiger partial charge in [-0.2, -0.15) is 0 Å². The number of carbonyl (C=O) groups excluding carboxylic acids is 1. The minimum absolute atomic E-state index is 0.0859. The predicted molar refractivity (Wildman–Crippen MR) is 50.0 cm³/mol. The molecule has 1 heterocycles. The lowest BCUT2D eigenvalue weighted by atomic mass is 9.98. The van der Waals surface area contributed by atoms with Crippen LogP contribution in [0.1, 0.15) is 11.5 Å². The number of rotatable bonds is 1. The Balaban J connectivity index is 2.25. The summed E-state index contributed by atoms with van der Waals surface area (Å²) in [5.41, 5.74) is 0.993. The smallest absolute Gasteiger partial charge is 0.168 e. The third kappa shape index (κ3) is 1.74. The number of Topliss-reactive ketones (excluding diaryl/α,β-unsaturated/α-hetero) is 1. The van der Waals surface area contributed by atoms with Crippen molar-refractivity contribution in [2.75, 3.05) is 13.2 Å². The molecule has 0 aliphatic carbocycles. The fraction of sp³-hybridized carbons (Fsp3) is 0.300. The van der Waals surface area contributed by atoms with Crippen LogP contribution in [-0.2, 0) is 9.53 Å². The van der Waals surface area contributed by atoms with Crippen molar-refractivity contribution >= 4 is 17.4 Å². The van der Waals surface area contributed by atoms with Crippen LogP contribution in [-0.4, -0.2) is 19.0 Å². The van der Waals surface area contributed by atoms with Crippen molar-refractivity contribution in [1.82, 2.24) is 0 Å². The molecule has 1 aromatic rings. The Labute approximate surface area is 81.5 Å². The van der Waals surface area contributed by atoms with E-state index in [-0.39, 0.29) is 18.3 Å². The molecule has 0 aromatic heterocycles. The first-order chi connectivity index (χ1) is 6.27. The van der Waals surface area contributed by atoms with Gasteiger partial charge in [0.1, 0.15) is 6.61 Å². The van der Waals surface area contributed by atoms with Gasteiger partial charge in [0.2, 0.25) is 0 Å². The highest BCUT2D eigenvalue weighted by Gasteiger charge is 2.26. The number of hydrogen-bond acceptors (Lipinski definition) is 2. The monoisotopic (exact) mass is 196 g/mol. The van der Waals surface area contributed by atoms with E-state index in [0.29, 0.717) is 11.6 Å². The second-order valence-electron chi connectivity index (χ2n) is 3.09. The van der Waals surface area contributed by atoms with Crippen molar-refractivity contribution in [3.05, 3.63) is 34.9 Å². The second-order valence-corrected chi connectivity index (χ2v) is 3.52. The summed E-state index contributed by atoms with van der Waals surface area (Å²) >= 11 is 5.74. The molecular weight excluding hydrogens is 188 g/mol. The van der Waals surface area contributed by atoms with Crippen LogP contribution in [0.2, 0.25) is 5.02 Å². The van der Waals surface area contributed by atoms with Crippen molar-refractivity contribution in [1.29, 1.82) is 0 Å². The normalized spacial score (nSPS) is 22.2. The summed E-state index contributed by atoms with van der Waals surface area (Å²) in [4.78, 5) is 11.3. The molecule has 0 N–H and O–H groups in total. The number of hydrogen-bond donors (Lipinski definition) is 0. The molecule has 1 fully saturated rings. The molecule has 2 nitrogen and oxygen atoms in total. The zero-order valence-electron chi connectivity index (χ0n) is 7.00. The predicted octanol–water partition coefficient (Wildman–Crippen LogP) is 2.02. The Bertz CT molecular complexity index is 318. The molecule has 1 saturated heterocycles. The van der Waals surface area contributed by atoms with Crippen molar-refractivity contribution in [2.45, 2.75) is 5.92 Å². The van der Waals surface area contributed by atoms with Gasteiger partial charge in [-0.1, -0.05) is 23.7 Å². The largest absolute Gasteiger partial charge is 0.373 e. The van der Waals surface area contributed by atoms with Gasteiger partial charge in [0, 0.05) is 5.02 Å². The molecule has 0 radical (unpaired) electrons. The lowest BCUT2D eigenvalue weighted by molar-refractivity contribution is -0.118. The van der Waals surface area contributed by atoms with Crippen molar-refractivity contribution in [3.63, 3.8) is 0 Å². The molecule has 3 heteroatoms. The molecular formula is C10H9ClO2. The molecule has 1 aromatic carbocycles. The summed E-state index contributed by atoms with van der Waals surface area (Å²) in [6, 6.07) is 7.34. The molecule has 1 aliphatic heterocycles. The van der Waals surface area contributed by atoms with Gasteiger partial charge in [0.25, 0.3) is 0 Å². The minimum atomic E-state index is -0.0859. The lowest BCUT2D eigenvalue weighted by Gasteiger charge is -2.05. The maximum absolute atomic E-state index is 11.3. The van der Waals surface area contributed by atoms with Crippen LogP contribution in [0.25, 0.3) is 0 Å². The molecule has 0 amide bonds. The van der Waals surface area contributed by atoms with E-state index in [9.17, 15) is 4.79 Å². The number of benzene rings is 1. The van der Waals surface area contributed by atoms with Gasteiger partial charge < -0.3 is 4.74 Å². The van der Waals surface area contributed by atoms with Crippen LogP contribution in [0.15, 0.2) is 24.3 Å². The van der Waals surface area contributed by atoms with Crippen LogP contribution in [0.5, 0.6) is 0 Å². The van der Waals surface area contributed by atoms with Crippen molar-refractivity contribution in [3.8, 4) is 0 Å². The molecule has 13 heavy (non-hydrogen) atoms. The SMILES string of the molecule is O=C1COC[C@H]1c1ccc(Cl)cc1. The maximum Gasteiger partial charge on any atom is 0.168 e. The van der Waals surface area contributed by atoms with Crippen LogP contribution in [0.3, 0.4) is 0 Å². The summed E-state index contributed by atoms with van der Waals surface area (Å²) < 4.78 is 5.07. The van der Waals surface area contributed by atoms with Crippen LogP contribution < -0.4 is 0 Å². The zero-order chi connectivity index (χ0) is 9.26. The third-order valence-electron chi connectivity index (χ3n) is 2.19. The standard InChI is InChI=1S/C10H9ClO2/c11-8-3-1-7(2-4-8)9-5-13-6-10(9)12/h1-4,9H,5-6H2/t9-/m0/s1. The van der Waals surface area contributed by atoms with E-state index < -0.39 is 0 Å². The van der Waals surface area contributed by atoms with Crippen molar-refractivity contribution < 1.29 is 9.53 Å². The Morgan fingerprint density at radius 2 is 2.00 bits per heavy atom. The fourth-order valence-electron chi connectivity index (χ4n) is 1.45. The van der Waals surface area contributed by atoms with Crippen LogP contribution in [0.4, 0.5) is 0 Å².